The van der Waals surface area contributed by atoms with Crippen LogP contribution < -0.4 is 5.32 Å². The molecule has 1 saturated heterocycles. The molecule has 27 heavy (non-hydrogen) atoms. The zero-order valence-electron chi connectivity index (χ0n) is 15.9. The molecule has 5 heteroatoms. The van der Waals surface area contributed by atoms with E-state index in [1.165, 1.54) is 5.56 Å². The lowest BCUT2D eigenvalue weighted by Crippen LogP contribution is -2.44. The van der Waals surface area contributed by atoms with Gasteiger partial charge in [0.2, 0.25) is 0 Å². The van der Waals surface area contributed by atoms with Crippen LogP contribution in [0, 0.1) is 6.92 Å². The molecule has 5 nitrogen and oxygen atoms in total. The normalized spacial score (nSPS) is 20.3. The van der Waals surface area contributed by atoms with Gasteiger partial charge in [0.15, 0.2) is 0 Å². The lowest BCUT2D eigenvalue weighted by Gasteiger charge is -2.38. The molecule has 2 aliphatic heterocycles. The van der Waals surface area contributed by atoms with Gasteiger partial charge in [0.25, 0.3) is 5.91 Å². The maximum Gasteiger partial charge on any atom is 0.257 e. The second kappa shape index (κ2) is 8.11. The molecule has 4 rings (SSSR count). The lowest BCUT2D eigenvalue weighted by molar-refractivity contribution is 0.0348. The van der Waals surface area contributed by atoms with Crippen molar-refractivity contribution in [3.63, 3.8) is 0 Å². The van der Waals surface area contributed by atoms with Crippen molar-refractivity contribution in [1.29, 1.82) is 0 Å². The predicted molar refractivity (Wildman–Crippen MR) is 107 cm³/mol. The molecule has 1 N–H and O–H groups in total. The first kappa shape index (κ1) is 18.0. The van der Waals surface area contributed by atoms with Gasteiger partial charge in [-0.05, 0) is 31.0 Å². The van der Waals surface area contributed by atoms with Crippen LogP contribution in [0.15, 0.2) is 48.5 Å². The Morgan fingerprint density at radius 1 is 1.04 bits per heavy atom. The quantitative estimate of drug-likeness (QED) is 0.883. The number of benzene rings is 2. The number of para-hydroxylation sites is 1. The minimum atomic E-state index is -0.127. The molecule has 0 bridgehead atoms. The molecule has 1 amide bonds. The van der Waals surface area contributed by atoms with Crippen molar-refractivity contribution >= 4 is 11.6 Å². The molecule has 1 fully saturated rings. The Hall–Kier alpha value is -2.37. The second-order valence-corrected chi connectivity index (χ2v) is 7.31. The van der Waals surface area contributed by atoms with Crippen molar-refractivity contribution in [2.45, 2.75) is 19.5 Å². The highest BCUT2D eigenvalue weighted by Crippen LogP contribution is 2.33. The zero-order valence-corrected chi connectivity index (χ0v) is 15.9. The van der Waals surface area contributed by atoms with Crippen molar-refractivity contribution in [2.75, 3.05) is 44.7 Å². The molecule has 142 valence electrons. The molecule has 0 spiro atoms. The number of amides is 1. The van der Waals surface area contributed by atoms with E-state index < -0.39 is 0 Å². The van der Waals surface area contributed by atoms with Gasteiger partial charge in [0.1, 0.15) is 6.17 Å². The van der Waals surface area contributed by atoms with E-state index in [0.717, 1.165) is 62.6 Å². The summed E-state index contributed by atoms with van der Waals surface area (Å²) in [5, 5.41) is 3.57. The Bertz CT molecular complexity index is 784. The first-order chi connectivity index (χ1) is 13.2. The SMILES string of the molecule is Cc1ccc([C@H]2Nc3ccccc3C(=O)N2CCCN2CCOCC2)cc1. The van der Waals surface area contributed by atoms with E-state index in [1.807, 2.05) is 29.2 Å². The van der Waals surface area contributed by atoms with Gasteiger partial charge in [-0.25, -0.2) is 0 Å². The number of morpholine rings is 1. The van der Waals surface area contributed by atoms with Crippen molar-refractivity contribution < 1.29 is 9.53 Å². The average molecular weight is 365 g/mol. The van der Waals surface area contributed by atoms with Gasteiger partial charge in [-0.3, -0.25) is 9.69 Å². The highest BCUT2D eigenvalue weighted by molar-refractivity contribution is 6.01. The van der Waals surface area contributed by atoms with Crippen LogP contribution in [0.1, 0.15) is 34.1 Å². The van der Waals surface area contributed by atoms with Crippen molar-refractivity contribution in [1.82, 2.24) is 9.80 Å². The summed E-state index contributed by atoms with van der Waals surface area (Å²) >= 11 is 0. The summed E-state index contributed by atoms with van der Waals surface area (Å²) in [5.74, 6) is 0.108. The third kappa shape index (κ3) is 3.99. The maximum absolute atomic E-state index is 13.2. The van der Waals surface area contributed by atoms with Gasteiger partial charge in [-0.2, -0.15) is 0 Å². The average Bonchev–Trinajstić information content (AvgIpc) is 2.71. The summed E-state index contributed by atoms with van der Waals surface area (Å²) in [4.78, 5) is 17.6. The molecule has 0 aliphatic carbocycles. The molecule has 2 aromatic carbocycles. The number of carbonyl (C=O) groups is 1. The summed E-state index contributed by atoms with van der Waals surface area (Å²) in [7, 11) is 0. The fourth-order valence-corrected chi connectivity index (χ4v) is 3.82. The van der Waals surface area contributed by atoms with E-state index in [9.17, 15) is 4.79 Å². The second-order valence-electron chi connectivity index (χ2n) is 7.31. The Kier molecular flexibility index (Phi) is 5.41. The summed E-state index contributed by atoms with van der Waals surface area (Å²) in [6.07, 6.45) is 0.829. The largest absolute Gasteiger partial charge is 0.379 e. The number of fused-ring (bicyclic) bond motifs is 1. The van der Waals surface area contributed by atoms with Crippen LogP contribution in [0.25, 0.3) is 0 Å². The Morgan fingerprint density at radius 3 is 2.56 bits per heavy atom. The topological polar surface area (TPSA) is 44.8 Å². The predicted octanol–water partition coefficient (Wildman–Crippen LogP) is 3.28. The minimum absolute atomic E-state index is 0.108. The minimum Gasteiger partial charge on any atom is -0.379 e. The molecule has 2 heterocycles. The van der Waals surface area contributed by atoms with E-state index in [0.29, 0.717) is 0 Å². The first-order valence-corrected chi connectivity index (χ1v) is 9.75. The van der Waals surface area contributed by atoms with Gasteiger partial charge >= 0.3 is 0 Å². The Morgan fingerprint density at radius 2 is 1.78 bits per heavy atom. The maximum atomic E-state index is 13.2. The van der Waals surface area contributed by atoms with Gasteiger partial charge in [-0.1, -0.05) is 42.0 Å². The molecule has 0 unspecified atom stereocenters. The standard InChI is InChI=1S/C22H27N3O2/c1-17-7-9-18(10-8-17)21-23-20-6-3-2-5-19(20)22(26)25(21)12-4-11-24-13-15-27-16-14-24/h2-3,5-10,21,23H,4,11-16H2,1H3/t21-/m0/s1. The van der Waals surface area contributed by atoms with Crippen LogP contribution in [0.2, 0.25) is 0 Å². The molecule has 0 radical (unpaired) electrons. The van der Waals surface area contributed by atoms with E-state index in [-0.39, 0.29) is 12.1 Å². The Labute approximate surface area is 160 Å². The summed E-state index contributed by atoms with van der Waals surface area (Å²) in [6, 6.07) is 16.2. The van der Waals surface area contributed by atoms with Gasteiger partial charge < -0.3 is 15.0 Å². The molecule has 1 atom stereocenters. The summed E-state index contributed by atoms with van der Waals surface area (Å²) in [5.41, 5.74) is 4.01. The molecule has 0 aromatic heterocycles. The molecule has 0 saturated carbocycles. The number of hydrogen-bond donors (Lipinski definition) is 1. The van der Waals surface area contributed by atoms with Crippen molar-refractivity contribution in [2.24, 2.45) is 0 Å². The molecule has 2 aromatic rings. The van der Waals surface area contributed by atoms with E-state index in [4.69, 9.17) is 4.74 Å². The number of anilines is 1. The molecule has 2 aliphatic rings. The number of nitrogens with one attached hydrogen (secondary N) is 1. The number of ether oxygens (including phenoxy) is 1. The fourth-order valence-electron chi connectivity index (χ4n) is 3.82. The van der Waals surface area contributed by atoms with Crippen molar-refractivity contribution in [3.05, 3.63) is 65.2 Å². The van der Waals surface area contributed by atoms with E-state index in [2.05, 4.69) is 41.4 Å². The number of nitrogens with zero attached hydrogens (tertiary/aromatic N) is 2. The smallest absolute Gasteiger partial charge is 0.257 e. The van der Waals surface area contributed by atoms with Crippen LogP contribution in [-0.2, 0) is 4.74 Å². The van der Waals surface area contributed by atoms with Gasteiger partial charge in [0.05, 0.1) is 18.8 Å². The van der Waals surface area contributed by atoms with E-state index >= 15 is 0 Å². The van der Waals surface area contributed by atoms with Crippen molar-refractivity contribution in [3.8, 4) is 0 Å². The van der Waals surface area contributed by atoms with Crippen LogP contribution >= 0.6 is 0 Å². The number of carbonyl (C=O) groups excluding carboxylic acids is 1. The molecular formula is C22H27N3O2. The summed E-state index contributed by atoms with van der Waals surface area (Å²) < 4.78 is 5.42. The van der Waals surface area contributed by atoms with Gasteiger partial charge in [-0.15, -0.1) is 0 Å². The zero-order chi connectivity index (χ0) is 18.6. The van der Waals surface area contributed by atoms with Gasteiger partial charge in [0, 0.05) is 31.9 Å². The van der Waals surface area contributed by atoms with Crippen LogP contribution in [-0.4, -0.2) is 55.1 Å². The van der Waals surface area contributed by atoms with Crippen LogP contribution in [0.4, 0.5) is 5.69 Å². The highest BCUT2D eigenvalue weighted by atomic mass is 16.5. The third-order valence-corrected chi connectivity index (χ3v) is 5.39. The Balaban J connectivity index is 1.53. The lowest BCUT2D eigenvalue weighted by atomic mass is 10.0. The van der Waals surface area contributed by atoms with Crippen LogP contribution in [0.5, 0.6) is 0 Å². The summed E-state index contributed by atoms with van der Waals surface area (Å²) in [6.45, 7) is 7.39. The number of aryl methyl sites for hydroxylation is 1. The first-order valence-electron chi connectivity index (χ1n) is 9.75. The van der Waals surface area contributed by atoms with E-state index in [1.54, 1.807) is 0 Å². The number of hydrogen-bond acceptors (Lipinski definition) is 4. The fraction of sp³-hybridized carbons (Fsp3) is 0.409. The monoisotopic (exact) mass is 365 g/mol. The highest BCUT2D eigenvalue weighted by Gasteiger charge is 2.32. The number of rotatable bonds is 5. The van der Waals surface area contributed by atoms with Crippen LogP contribution in [0.3, 0.4) is 0 Å². The molecular weight excluding hydrogens is 338 g/mol. The third-order valence-electron chi connectivity index (χ3n) is 5.39.